The van der Waals surface area contributed by atoms with Crippen molar-refractivity contribution in [3.8, 4) is 5.75 Å². The second-order valence-corrected chi connectivity index (χ2v) is 10.9. The lowest BCUT2D eigenvalue weighted by Gasteiger charge is -2.05. The molecule has 0 N–H and O–H groups in total. The lowest BCUT2D eigenvalue weighted by Crippen LogP contribution is -2.19. The second kappa shape index (κ2) is 9.80. The lowest BCUT2D eigenvalue weighted by molar-refractivity contribution is -0.117. The summed E-state index contributed by atoms with van der Waals surface area (Å²) < 4.78 is 33.3. The van der Waals surface area contributed by atoms with Gasteiger partial charge in [0.05, 0.1) is 28.0 Å². The Hall–Kier alpha value is -2.10. The number of thioether (sulfide) groups is 1. The van der Waals surface area contributed by atoms with Crippen LogP contribution < -0.4 is 9.54 Å². The highest BCUT2D eigenvalue weighted by atomic mass is 32.2. The Morgan fingerprint density at radius 1 is 1.20 bits per heavy atom. The Bertz CT molecular complexity index is 1210. The molecule has 0 atom stereocenters. The van der Waals surface area contributed by atoms with Crippen LogP contribution in [0.1, 0.15) is 12.0 Å². The van der Waals surface area contributed by atoms with Gasteiger partial charge >= 0.3 is 0 Å². The topological polar surface area (TPSA) is 77.7 Å². The van der Waals surface area contributed by atoms with Crippen LogP contribution in [0.4, 0.5) is 0 Å². The Morgan fingerprint density at radius 2 is 1.93 bits per heavy atom. The summed E-state index contributed by atoms with van der Waals surface area (Å²) in [6.07, 6.45) is 1.87. The van der Waals surface area contributed by atoms with Gasteiger partial charge in [-0.25, -0.2) is 8.42 Å². The summed E-state index contributed by atoms with van der Waals surface area (Å²) in [5, 5.41) is 0. The number of rotatable bonds is 8. The number of aromatic nitrogens is 1. The molecular weight excluding hydrogens is 440 g/mol. The van der Waals surface area contributed by atoms with Crippen LogP contribution in [0.2, 0.25) is 0 Å². The minimum atomic E-state index is -3.53. The molecule has 0 bridgehead atoms. The van der Waals surface area contributed by atoms with Crippen molar-refractivity contribution in [2.75, 3.05) is 24.9 Å². The fraction of sp³-hybridized carbons (Fsp3) is 0.333. The average Bonchev–Trinajstić information content (AvgIpc) is 3.07. The van der Waals surface area contributed by atoms with E-state index in [0.29, 0.717) is 11.3 Å². The minimum absolute atomic E-state index is 0.156. The third kappa shape index (κ3) is 5.33. The van der Waals surface area contributed by atoms with Gasteiger partial charge in [0.25, 0.3) is 0 Å². The van der Waals surface area contributed by atoms with E-state index in [2.05, 4.69) is 4.99 Å². The number of methoxy groups -OCH3 is 1. The summed E-state index contributed by atoms with van der Waals surface area (Å²) >= 11 is 3.11. The third-order valence-corrected chi connectivity index (χ3v) is 7.96. The molecule has 160 valence electrons. The van der Waals surface area contributed by atoms with Crippen LogP contribution in [0.25, 0.3) is 10.2 Å². The number of ether oxygens (including phenoxy) is 1. The van der Waals surface area contributed by atoms with E-state index in [4.69, 9.17) is 4.74 Å². The summed E-state index contributed by atoms with van der Waals surface area (Å²) in [7, 11) is -1.92. The van der Waals surface area contributed by atoms with Gasteiger partial charge in [-0.15, -0.1) is 0 Å². The van der Waals surface area contributed by atoms with E-state index in [-0.39, 0.29) is 17.1 Å². The summed E-state index contributed by atoms with van der Waals surface area (Å²) in [5.41, 5.74) is 1.96. The highest BCUT2D eigenvalue weighted by Crippen LogP contribution is 2.23. The van der Waals surface area contributed by atoms with Crippen LogP contribution in [0.15, 0.2) is 52.4 Å². The van der Waals surface area contributed by atoms with E-state index in [9.17, 15) is 13.2 Å². The smallest absolute Gasteiger partial charge is 0.249 e. The number of carbonyl (C=O) groups excluding carboxylic acids is 1. The van der Waals surface area contributed by atoms with Gasteiger partial charge in [-0.2, -0.15) is 16.8 Å². The molecule has 0 saturated heterocycles. The number of amides is 1. The maximum atomic E-state index is 12.5. The number of fused-ring (bicyclic) bond motifs is 1. The zero-order valence-corrected chi connectivity index (χ0v) is 19.6. The van der Waals surface area contributed by atoms with Crippen LogP contribution in [-0.2, 0) is 21.2 Å². The first-order valence-corrected chi connectivity index (χ1v) is 13.2. The Kier molecular flexibility index (Phi) is 7.38. The summed E-state index contributed by atoms with van der Waals surface area (Å²) in [4.78, 5) is 17.5. The number of carbonyl (C=O) groups is 1. The Labute approximate surface area is 184 Å². The van der Waals surface area contributed by atoms with E-state index in [1.165, 1.54) is 11.3 Å². The monoisotopic (exact) mass is 464 g/mol. The highest BCUT2D eigenvalue weighted by molar-refractivity contribution is 7.98. The first-order chi connectivity index (χ1) is 14.3. The molecule has 0 spiro atoms. The van der Waals surface area contributed by atoms with Crippen LogP contribution in [0.3, 0.4) is 0 Å². The fourth-order valence-electron chi connectivity index (χ4n) is 2.91. The highest BCUT2D eigenvalue weighted by Gasteiger charge is 2.17. The molecule has 30 heavy (non-hydrogen) atoms. The number of thiazole rings is 1. The number of benzene rings is 2. The molecule has 0 fully saturated rings. The zero-order valence-electron chi connectivity index (χ0n) is 17.1. The van der Waals surface area contributed by atoms with E-state index in [1.807, 2.05) is 35.9 Å². The van der Waals surface area contributed by atoms with Crippen LogP contribution in [-0.4, -0.2) is 43.8 Å². The van der Waals surface area contributed by atoms with Gasteiger partial charge in [-0.05, 0) is 43.5 Å². The standard InChI is InChI=1S/C21H24N2O4S3/c1-15-4-7-17(8-5-15)30(25,26)13-10-20(24)22-21-23(11-12-28-3)18-9-6-16(27-2)14-19(18)29-21/h4-9,14H,10-13H2,1-3H3. The van der Waals surface area contributed by atoms with Gasteiger partial charge in [0.15, 0.2) is 14.6 Å². The molecule has 0 aliphatic carbocycles. The zero-order chi connectivity index (χ0) is 21.7. The predicted molar refractivity (Wildman–Crippen MR) is 123 cm³/mol. The number of hydrogen-bond acceptors (Lipinski definition) is 6. The fourth-order valence-corrected chi connectivity index (χ4v) is 5.61. The van der Waals surface area contributed by atoms with Gasteiger partial charge in [-0.3, -0.25) is 4.79 Å². The maximum Gasteiger partial charge on any atom is 0.249 e. The van der Waals surface area contributed by atoms with Crippen LogP contribution in [0, 0.1) is 6.92 Å². The number of hydrogen-bond donors (Lipinski definition) is 0. The quantitative estimate of drug-likeness (QED) is 0.508. The molecule has 0 aliphatic rings. The van der Waals surface area contributed by atoms with Crippen molar-refractivity contribution in [3.63, 3.8) is 0 Å². The van der Waals surface area contributed by atoms with Crippen molar-refractivity contribution >= 4 is 49.1 Å². The van der Waals surface area contributed by atoms with Gasteiger partial charge in [-0.1, -0.05) is 29.0 Å². The minimum Gasteiger partial charge on any atom is -0.497 e. The first kappa shape index (κ1) is 22.6. The van der Waals surface area contributed by atoms with Crippen LogP contribution in [0.5, 0.6) is 5.75 Å². The molecule has 1 aromatic heterocycles. The van der Waals surface area contributed by atoms with Gasteiger partial charge in [0, 0.05) is 18.7 Å². The molecule has 9 heteroatoms. The molecule has 0 aliphatic heterocycles. The van der Waals surface area contributed by atoms with Gasteiger partial charge in [0.1, 0.15) is 5.75 Å². The SMILES string of the molecule is COc1ccc2c(c1)sc(=NC(=O)CCS(=O)(=O)c1ccc(C)cc1)n2CCSC. The molecule has 3 aromatic rings. The van der Waals surface area contributed by atoms with Crippen molar-refractivity contribution < 1.29 is 17.9 Å². The lowest BCUT2D eigenvalue weighted by atomic mass is 10.2. The van der Waals surface area contributed by atoms with Crippen LogP contribution >= 0.6 is 23.1 Å². The molecule has 6 nitrogen and oxygen atoms in total. The van der Waals surface area contributed by atoms with E-state index < -0.39 is 15.7 Å². The van der Waals surface area contributed by atoms with Crippen molar-refractivity contribution in [1.82, 2.24) is 4.57 Å². The van der Waals surface area contributed by atoms with E-state index in [1.54, 1.807) is 43.1 Å². The Balaban J connectivity index is 1.85. The molecular formula is C21H24N2O4S3. The summed E-state index contributed by atoms with van der Waals surface area (Å²) in [6, 6.07) is 12.4. The van der Waals surface area contributed by atoms with E-state index in [0.717, 1.165) is 27.3 Å². The molecule has 0 saturated carbocycles. The van der Waals surface area contributed by atoms with Crippen molar-refractivity contribution in [1.29, 1.82) is 0 Å². The molecule has 1 amide bonds. The second-order valence-electron chi connectivity index (χ2n) is 6.75. The van der Waals surface area contributed by atoms with Crippen molar-refractivity contribution in [2.24, 2.45) is 4.99 Å². The van der Waals surface area contributed by atoms with Gasteiger partial charge in [0.2, 0.25) is 5.91 Å². The van der Waals surface area contributed by atoms with Gasteiger partial charge < -0.3 is 9.30 Å². The summed E-state index contributed by atoms with van der Waals surface area (Å²) in [5.74, 6) is 0.910. The number of nitrogens with zero attached hydrogens (tertiary/aromatic N) is 2. The third-order valence-electron chi connectivity index (χ3n) is 4.59. The predicted octanol–water partition coefficient (Wildman–Crippen LogP) is 3.67. The summed E-state index contributed by atoms with van der Waals surface area (Å²) in [6.45, 7) is 2.60. The van der Waals surface area contributed by atoms with E-state index >= 15 is 0 Å². The largest absolute Gasteiger partial charge is 0.497 e. The molecule has 1 heterocycles. The molecule has 0 unspecified atom stereocenters. The average molecular weight is 465 g/mol. The molecule has 3 rings (SSSR count). The Morgan fingerprint density at radius 3 is 2.60 bits per heavy atom. The van der Waals surface area contributed by atoms with Crippen molar-refractivity contribution in [3.05, 3.63) is 52.8 Å². The first-order valence-electron chi connectivity index (χ1n) is 9.37. The number of sulfone groups is 1. The van der Waals surface area contributed by atoms with Crippen molar-refractivity contribution in [2.45, 2.75) is 24.8 Å². The number of aryl methyl sites for hydroxylation is 2. The normalized spacial score (nSPS) is 12.4. The molecule has 0 radical (unpaired) electrons. The molecule has 2 aromatic carbocycles. The maximum absolute atomic E-state index is 12.5.